The fourth-order valence-corrected chi connectivity index (χ4v) is 3.13. The first-order chi connectivity index (χ1) is 10.4. The number of carbonyl (C=O) groups is 1. The zero-order valence-corrected chi connectivity index (χ0v) is 13.6. The normalized spacial score (nSPS) is 14.0. The molecule has 0 spiro atoms. The number of hydrogen-bond acceptors (Lipinski definition) is 1. The van der Waals surface area contributed by atoms with Crippen molar-refractivity contribution in [3.05, 3.63) is 65.2 Å². The molecule has 2 nitrogen and oxygen atoms in total. The third-order valence-electron chi connectivity index (χ3n) is 4.04. The molecule has 0 fully saturated rings. The second-order valence-electron chi connectivity index (χ2n) is 7.27. The Bertz CT molecular complexity index is 697. The summed E-state index contributed by atoms with van der Waals surface area (Å²) in [4.78, 5) is 14.8. The Balaban J connectivity index is 1.86. The van der Waals surface area contributed by atoms with E-state index < -0.39 is 0 Å². The van der Waals surface area contributed by atoms with Gasteiger partial charge in [-0.25, -0.2) is 0 Å². The number of anilines is 1. The van der Waals surface area contributed by atoms with Gasteiger partial charge in [-0.15, -0.1) is 0 Å². The van der Waals surface area contributed by atoms with Gasteiger partial charge in [-0.2, -0.15) is 0 Å². The van der Waals surface area contributed by atoms with Crippen LogP contribution in [-0.2, 0) is 12.8 Å². The molecule has 1 heterocycles. The average molecular weight is 293 g/mol. The molecule has 0 aliphatic carbocycles. The number of nitrogens with zero attached hydrogens (tertiary/aromatic N) is 1. The quantitative estimate of drug-likeness (QED) is 0.799. The van der Waals surface area contributed by atoms with Crippen molar-refractivity contribution in [3.63, 3.8) is 0 Å². The standard InChI is InChI=1S/C20H23NO/c1-20(2,3)14-15-7-6-9-17(13-15)19(22)21-12-11-16-8-4-5-10-18(16)21/h4-10,13H,11-12,14H2,1-3H3. The molecule has 1 amide bonds. The maximum Gasteiger partial charge on any atom is 0.258 e. The van der Waals surface area contributed by atoms with Gasteiger partial charge in [-0.3, -0.25) is 4.79 Å². The molecular weight excluding hydrogens is 270 g/mol. The van der Waals surface area contributed by atoms with E-state index in [0.717, 1.165) is 30.6 Å². The number of hydrogen-bond donors (Lipinski definition) is 0. The van der Waals surface area contributed by atoms with E-state index in [4.69, 9.17) is 0 Å². The average Bonchev–Trinajstić information content (AvgIpc) is 2.89. The number of rotatable bonds is 2. The Kier molecular flexibility index (Phi) is 3.78. The van der Waals surface area contributed by atoms with Gasteiger partial charge < -0.3 is 4.90 Å². The number of fused-ring (bicyclic) bond motifs is 1. The van der Waals surface area contributed by atoms with Crippen molar-refractivity contribution in [2.45, 2.75) is 33.6 Å². The van der Waals surface area contributed by atoms with E-state index >= 15 is 0 Å². The second kappa shape index (κ2) is 5.60. The van der Waals surface area contributed by atoms with Gasteiger partial charge in [0.1, 0.15) is 0 Å². The smallest absolute Gasteiger partial charge is 0.258 e. The van der Waals surface area contributed by atoms with Gasteiger partial charge in [-0.1, -0.05) is 51.1 Å². The van der Waals surface area contributed by atoms with Crippen molar-refractivity contribution in [1.29, 1.82) is 0 Å². The first kappa shape index (κ1) is 14.8. The van der Waals surface area contributed by atoms with E-state index in [0.29, 0.717) is 0 Å². The minimum Gasteiger partial charge on any atom is -0.308 e. The second-order valence-corrected chi connectivity index (χ2v) is 7.27. The Morgan fingerprint density at radius 2 is 1.86 bits per heavy atom. The number of amides is 1. The fraction of sp³-hybridized carbons (Fsp3) is 0.350. The van der Waals surface area contributed by atoms with Crippen LogP contribution in [0.1, 0.15) is 42.3 Å². The van der Waals surface area contributed by atoms with Crippen LogP contribution in [-0.4, -0.2) is 12.5 Å². The molecule has 0 aromatic heterocycles. The lowest BCUT2D eigenvalue weighted by atomic mass is 9.87. The molecule has 0 atom stereocenters. The van der Waals surface area contributed by atoms with Gasteiger partial charge in [0.05, 0.1) is 0 Å². The highest BCUT2D eigenvalue weighted by molar-refractivity contribution is 6.07. The van der Waals surface area contributed by atoms with Crippen LogP contribution >= 0.6 is 0 Å². The maximum atomic E-state index is 12.9. The zero-order valence-electron chi connectivity index (χ0n) is 13.6. The van der Waals surface area contributed by atoms with Gasteiger partial charge in [0.15, 0.2) is 0 Å². The molecule has 0 radical (unpaired) electrons. The first-order valence-corrected chi connectivity index (χ1v) is 7.93. The summed E-state index contributed by atoms with van der Waals surface area (Å²) >= 11 is 0. The summed E-state index contributed by atoms with van der Waals surface area (Å²) in [6.07, 6.45) is 1.92. The van der Waals surface area contributed by atoms with Crippen LogP contribution in [0, 0.1) is 5.41 Å². The summed E-state index contributed by atoms with van der Waals surface area (Å²) < 4.78 is 0. The molecule has 0 unspecified atom stereocenters. The molecule has 1 aliphatic heterocycles. The minimum atomic E-state index is 0.112. The summed E-state index contributed by atoms with van der Waals surface area (Å²) in [7, 11) is 0. The molecule has 0 saturated heterocycles. The Morgan fingerprint density at radius 3 is 2.64 bits per heavy atom. The van der Waals surface area contributed by atoms with Crippen molar-refractivity contribution in [2.75, 3.05) is 11.4 Å². The molecule has 114 valence electrons. The topological polar surface area (TPSA) is 20.3 Å². The van der Waals surface area contributed by atoms with Crippen LogP contribution in [0.25, 0.3) is 0 Å². The Labute approximate surface area is 132 Å². The third kappa shape index (κ3) is 3.06. The van der Waals surface area contributed by atoms with Crippen LogP contribution in [0.4, 0.5) is 5.69 Å². The van der Waals surface area contributed by atoms with Crippen molar-refractivity contribution in [2.24, 2.45) is 5.41 Å². The molecule has 0 N–H and O–H groups in total. The molecule has 0 bridgehead atoms. The number of para-hydroxylation sites is 1. The van der Waals surface area contributed by atoms with Crippen molar-refractivity contribution < 1.29 is 4.79 Å². The predicted octanol–water partition coefficient (Wildman–Crippen LogP) is 4.48. The summed E-state index contributed by atoms with van der Waals surface area (Å²) in [5, 5.41) is 0. The summed E-state index contributed by atoms with van der Waals surface area (Å²) in [5.41, 5.74) is 4.57. The van der Waals surface area contributed by atoms with Crippen molar-refractivity contribution in [3.8, 4) is 0 Å². The van der Waals surface area contributed by atoms with Gasteiger partial charge in [0.25, 0.3) is 5.91 Å². The van der Waals surface area contributed by atoms with Gasteiger partial charge in [0, 0.05) is 17.8 Å². The number of carbonyl (C=O) groups excluding carboxylic acids is 1. The van der Waals surface area contributed by atoms with Crippen LogP contribution in [0.3, 0.4) is 0 Å². The minimum absolute atomic E-state index is 0.112. The summed E-state index contributed by atoms with van der Waals surface area (Å²) in [5.74, 6) is 0.112. The van der Waals surface area contributed by atoms with E-state index in [1.165, 1.54) is 11.1 Å². The Morgan fingerprint density at radius 1 is 1.09 bits per heavy atom. The van der Waals surface area contributed by atoms with Crippen molar-refractivity contribution in [1.82, 2.24) is 0 Å². The number of benzene rings is 2. The monoisotopic (exact) mass is 293 g/mol. The lowest BCUT2D eigenvalue weighted by Crippen LogP contribution is -2.29. The van der Waals surface area contributed by atoms with E-state index in [9.17, 15) is 4.79 Å². The molecule has 22 heavy (non-hydrogen) atoms. The lowest BCUT2D eigenvalue weighted by molar-refractivity contribution is 0.0989. The van der Waals surface area contributed by atoms with Crippen LogP contribution in [0.15, 0.2) is 48.5 Å². The molecule has 0 saturated carbocycles. The van der Waals surface area contributed by atoms with Crippen LogP contribution in [0.5, 0.6) is 0 Å². The van der Waals surface area contributed by atoms with E-state index in [1.54, 1.807) is 0 Å². The van der Waals surface area contributed by atoms with Crippen LogP contribution < -0.4 is 4.90 Å². The first-order valence-electron chi connectivity index (χ1n) is 7.93. The lowest BCUT2D eigenvalue weighted by Gasteiger charge is -2.20. The van der Waals surface area contributed by atoms with Gasteiger partial charge in [-0.05, 0) is 47.6 Å². The molecule has 2 aromatic rings. The zero-order chi connectivity index (χ0) is 15.7. The molecule has 2 aromatic carbocycles. The maximum absolute atomic E-state index is 12.9. The highest BCUT2D eigenvalue weighted by Crippen LogP contribution is 2.29. The van der Waals surface area contributed by atoms with E-state index in [2.05, 4.69) is 39.0 Å². The summed E-state index contributed by atoms with van der Waals surface area (Å²) in [6, 6.07) is 16.3. The van der Waals surface area contributed by atoms with E-state index in [1.807, 2.05) is 35.2 Å². The Hall–Kier alpha value is -2.09. The SMILES string of the molecule is CC(C)(C)Cc1cccc(C(=O)N2CCc3ccccc32)c1. The van der Waals surface area contributed by atoms with Gasteiger partial charge >= 0.3 is 0 Å². The summed E-state index contributed by atoms with van der Waals surface area (Å²) in [6.45, 7) is 7.44. The van der Waals surface area contributed by atoms with Crippen molar-refractivity contribution >= 4 is 11.6 Å². The van der Waals surface area contributed by atoms with Gasteiger partial charge in [0.2, 0.25) is 0 Å². The van der Waals surface area contributed by atoms with Crippen LogP contribution in [0.2, 0.25) is 0 Å². The van der Waals surface area contributed by atoms with E-state index in [-0.39, 0.29) is 11.3 Å². The molecular formula is C20H23NO. The molecule has 1 aliphatic rings. The highest BCUT2D eigenvalue weighted by atomic mass is 16.2. The largest absolute Gasteiger partial charge is 0.308 e. The third-order valence-corrected chi connectivity index (χ3v) is 4.04. The molecule has 2 heteroatoms. The highest BCUT2D eigenvalue weighted by Gasteiger charge is 2.25. The fourth-order valence-electron chi connectivity index (χ4n) is 3.13. The predicted molar refractivity (Wildman–Crippen MR) is 91.4 cm³/mol. The molecule has 3 rings (SSSR count).